The van der Waals surface area contributed by atoms with Gasteiger partial charge in [-0.2, -0.15) is 5.21 Å². The van der Waals surface area contributed by atoms with Crippen LogP contribution in [0.25, 0.3) is 0 Å². The third-order valence-corrected chi connectivity index (χ3v) is 2.76. The van der Waals surface area contributed by atoms with E-state index in [1.807, 2.05) is 0 Å². The number of nitrogens with one attached hydrogen (secondary N) is 1. The van der Waals surface area contributed by atoms with Crippen molar-refractivity contribution in [1.82, 2.24) is 25.5 Å². The molecule has 1 atom stereocenters. The van der Waals surface area contributed by atoms with E-state index in [0.29, 0.717) is 17.0 Å². The molecule has 0 radical (unpaired) electrons. The SMILES string of the molecule is CC1=C(C)C(=O)N(C(C)c2nn[nH]n2)C1=O. The second-order valence-electron chi connectivity index (χ2n) is 3.68. The molecule has 1 unspecified atom stereocenters. The number of H-pyrrole nitrogens is 1. The summed E-state index contributed by atoms with van der Waals surface area (Å²) in [5.74, 6) is -0.260. The van der Waals surface area contributed by atoms with Gasteiger partial charge in [0.25, 0.3) is 11.8 Å². The summed E-state index contributed by atoms with van der Waals surface area (Å²) in [6.07, 6.45) is 0. The van der Waals surface area contributed by atoms with E-state index >= 15 is 0 Å². The lowest BCUT2D eigenvalue weighted by Crippen LogP contribution is -2.34. The van der Waals surface area contributed by atoms with Gasteiger partial charge in [-0.1, -0.05) is 5.21 Å². The molecular weight excluding hydrogens is 210 g/mol. The van der Waals surface area contributed by atoms with Crippen molar-refractivity contribution in [2.75, 3.05) is 0 Å². The second kappa shape index (κ2) is 3.51. The Labute approximate surface area is 91.5 Å². The molecule has 0 bridgehead atoms. The van der Waals surface area contributed by atoms with Gasteiger partial charge in [0, 0.05) is 11.1 Å². The van der Waals surface area contributed by atoms with Crippen molar-refractivity contribution in [3.8, 4) is 0 Å². The second-order valence-corrected chi connectivity index (χ2v) is 3.68. The molecule has 1 N–H and O–H groups in total. The molecule has 0 saturated heterocycles. The number of nitrogens with zero attached hydrogens (tertiary/aromatic N) is 4. The van der Waals surface area contributed by atoms with Crippen molar-refractivity contribution < 1.29 is 9.59 Å². The van der Waals surface area contributed by atoms with Gasteiger partial charge in [0.1, 0.15) is 6.04 Å². The van der Waals surface area contributed by atoms with Crippen LogP contribution in [-0.2, 0) is 9.59 Å². The maximum absolute atomic E-state index is 11.8. The molecule has 0 saturated carbocycles. The summed E-state index contributed by atoms with van der Waals surface area (Å²) in [6.45, 7) is 4.96. The van der Waals surface area contributed by atoms with Crippen LogP contribution in [-0.4, -0.2) is 37.3 Å². The van der Waals surface area contributed by atoms with E-state index in [2.05, 4.69) is 20.6 Å². The molecule has 84 valence electrons. The first kappa shape index (κ1) is 10.5. The number of carbonyl (C=O) groups excluding carboxylic acids is 2. The fourth-order valence-corrected chi connectivity index (χ4v) is 1.59. The highest BCUT2D eigenvalue weighted by Gasteiger charge is 2.38. The first-order chi connectivity index (χ1) is 7.54. The summed E-state index contributed by atoms with van der Waals surface area (Å²) in [7, 11) is 0. The minimum atomic E-state index is -0.508. The van der Waals surface area contributed by atoms with Crippen molar-refractivity contribution in [3.63, 3.8) is 0 Å². The fraction of sp³-hybridized carbons (Fsp3) is 0.444. The third-order valence-electron chi connectivity index (χ3n) is 2.76. The zero-order valence-corrected chi connectivity index (χ0v) is 9.18. The molecule has 7 heteroatoms. The molecule has 2 heterocycles. The number of aromatic amines is 1. The first-order valence-electron chi connectivity index (χ1n) is 4.82. The standard InChI is InChI=1S/C9H11N5O2/c1-4-5(2)9(16)14(8(4)15)6(3)7-10-12-13-11-7/h6H,1-3H3,(H,10,11,12,13). The molecule has 16 heavy (non-hydrogen) atoms. The van der Waals surface area contributed by atoms with E-state index in [1.165, 1.54) is 0 Å². The maximum Gasteiger partial charge on any atom is 0.257 e. The van der Waals surface area contributed by atoms with Crippen LogP contribution < -0.4 is 0 Å². The number of imide groups is 1. The summed E-state index contributed by atoms with van der Waals surface area (Å²) in [6, 6.07) is -0.508. The van der Waals surface area contributed by atoms with Gasteiger partial charge in [0.05, 0.1) is 0 Å². The Kier molecular flexibility index (Phi) is 2.30. The Hall–Kier alpha value is -2.05. The van der Waals surface area contributed by atoms with E-state index in [1.54, 1.807) is 20.8 Å². The highest BCUT2D eigenvalue weighted by atomic mass is 16.2. The van der Waals surface area contributed by atoms with Gasteiger partial charge >= 0.3 is 0 Å². The fourth-order valence-electron chi connectivity index (χ4n) is 1.59. The first-order valence-corrected chi connectivity index (χ1v) is 4.82. The molecule has 1 aromatic heterocycles. The summed E-state index contributed by atoms with van der Waals surface area (Å²) in [5, 5.41) is 13.2. The van der Waals surface area contributed by atoms with Crippen LogP contribution >= 0.6 is 0 Å². The number of hydrogen-bond donors (Lipinski definition) is 1. The number of amides is 2. The highest BCUT2D eigenvalue weighted by Crippen LogP contribution is 2.27. The Morgan fingerprint density at radius 3 is 2.19 bits per heavy atom. The van der Waals surface area contributed by atoms with Gasteiger partial charge in [0.15, 0.2) is 5.82 Å². The normalized spacial score (nSPS) is 18.6. The van der Waals surface area contributed by atoms with Crippen molar-refractivity contribution in [2.24, 2.45) is 0 Å². The predicted octanol–water partition coefficient (Wildman–Crippen LogP) is -0.0341. The van der Waals surface area contributed by atoms with Crippen LogP contribution in [0.2, 0.25) is 0 Å². The van der Waals surface area contributed by atoms with Crippen molar-refractivity contribution in [1.29, 1.82) is 0 Å². The molecule has 1 aliphatic heterocycles. The average Bonchev–Trinajstić information content (AvgIpc) is 2.84. The van der Waals surface area contributed by atoms with Crippen LogP contribution in [0.15, 0.2) is 11.1 Å². The van der Waals surface area contributed by atoms with E-state index in [0.717, 1.165) is 4.90 Å². The molecule has 0 fully saturated rings. The summed E-state index contributed by atoms with van der Waals surface area (Å²) in [5.41, 5.74) is 0.945. The number of rotatable bonds is 2. The van der Waals surface area contributed by atoms with E-state index in [4.69, 9.17) is 0 Å². The van der Waals surface area contributed by atoms with Crippen molar-refractivity contribution in [2.45, 2.75) is 26.8 Å². The van der Waals surface area contributed by atoms with Crippen molar-refractivity contribution >= 4 is 11.8 Å². The lowest BCUT2D eigenvalue weighted by Gasteiger charge is -2.19. The van der Waals surface area contributed by atoms with E-state index in [-0.39, 0.29) is 11.8 Å². The van der Waals surface area contributed by atoms with Crippen LogP contribution in [0.4, 0.5) is 0 Å². The summed E-state index contributed by atoms with van der Waals surface area (Å²) in [4.78, 5) is 24.8. The quantitative estimate of drug-likeness (QED) is 0.708. The molecular formula is C9H11N5O2. The van der Waals surface area contributed by atoms with Crippen LogP contribution in [0.3, 0.4) is 0 Å². The van der Waals surface area contributed by atoms with Gasteiger partial charge in [-0.15, -0.1) is 10.2 Å². The average molecular weight is 221 g/mol. The lowest BCUT2D eigenvalue weighted by atomic mass is 10.2. The van der Waals surface area contributed by atoms with Gasteiger partial charge in [0.2, 0.25) is 0 Å². The largest absolute Gasteiger partial charge is 0.269 e. The van der Waals surface area contributed by atoms with Crippen LogP contribution in [0, 0.1) is 0 Å². The Morgan fingerprint density at radius 1 is 1.19 bits per heavy atom. The molecule has 1 aliphatic rings. The number of tetrazole rings is 1. The lowest BCUT2D eigenvalue weighted by molar-refractivity contribution is -0.140. The Balaban J connectivity index is 2.32. The molecule has 7 nitrogen and oxygen atoms in total. The minimum absolute atomic E-state index is 0.292. The van der Waals surface area contributed by atoms with Gasteiger partial charge in [-0.3, -0.25) is 14.5 Å². The number of carbonyl (C=O) groups is 2. The summed E-state index contributed by atoms with van der Waals surface area (Å²) >= 11 is 0. The monoisotopic (exact) mass is 221 g/mol. The maximum atomic E-state index is 11.8. The molecule has 0 aliphatic carbocycles. The van der Waals surface area contributed by atoms with Gasteiger partial charge in [-0.25, -0.2) is 0 Å². The highest BCUT2D eigenvalue weighted by molar-refractivity contribution is 6.18. The number of aromatic nitrogens is 4. The summed E-state index contributed by atoms with van der Waals surface area (Å²) < 4.78 is 0. The van der Waals surface area contributed by atoms with Gasteiger partial charge < -0.3 is 0 Å². The third kappa shape index (κ3) is 1.32. The molecule has 1 aromatic rings. The van der Waals surface area contributed by atoms with Crippen LogP contribution in [0.5, 0.6) is 0 Å². The predicted molar refractivity (Wildman–Crippen MR) is 52.8 cm³/mol. The van der Waals surface area contributed by atoms with Gasteiger partial charge in [-0.05, 0) is 20.8 Å². The zero-order chi connectivity index (χ0) is 11.9. The Morgan fingerprint density at radius 2 is 1.75 bits per heavy atom. The molecule has 2 rings (SSSR count). The molecule has 2 amide bonds. The topological polar surface area (TPSA) is 91.8 Å². The minimum Gasteiger partial charge on any atom is -0.269 e. The number of hydrogen-bond acceptors (Lipinski definition) is 5. The van der Waals surface area contributed by atoms with E-state index < -0.39 is 6.04 Å². The molecule has 0 spiro atoms. The smallest absolute Gasteiger partial charge is 0.257 e. The van der Waals surface area contributed by atoms with Crippen molar-refractivity contribution in [3.05, 3.63) is 17.0 Å². The zero-order valence-electron chi connectivity index (χ0n) is 9.18. The van der Waals surface area contributed by atoms with Crippen LogP contribution in [0.1, 0.15) is 32.6 Å². The molecule has 0 aromatic carbocycles. The Bertz CT molecular complexity index is 452. The van der Waals surface area contributed by atoms with E-state index in [9.17, 15) is 9.59 Å².